The van der Waals surface area contributed by atoms with E-state index in [1.165, 1.54) is 49.0 Å². The molecule has 0 bridgehead atoms. The largest absolute Gasteiger partial charge is 0.487 e. The summed E-state index contributed by atoms with van der Waals surface area (Å²) in [7, 11) is -6.55. The summed E-state index contributed by atoms with van der Waals surface area (Å²) in [6.07, 6.45) is 23.9. The quantitative estimate of drug-likeness (QED) is 0.0718. The van der Waals surface area contributed by atoms with Crippen molar-refractivity contribution in [2.45, 2.75) is 254 Å². The second-order valence-corrected chi connectivity index (χ2v) is 38.9. The Balaban J connectivity index is 0.000000240. The number of nitrogens with zero attached hydrogens (tertiary/aromatic N) is 10. The molecule has 0 atom stereocenters. The number of hydrogen-bond donors (Lipinski definition) is 3. The molecule has 0 aromatic carbocycles. The van der Waals surface area contributed by atoms with Crippen molar-refractivity contribution in [1.29, 1.82) is 5.26 Å². The summed E-state index contributed by atoms with van der Waals surface area (Å²) >= 11 is 3.40. The molecule has 3 aliphatic carbocycles. The van der Waals surface area contributed by atoms with Crippen LogP contribution in [0.3, 0.4) is 0 Å². The van der Waals surface area contributed by atoms with Gasteiger partial charge in [0.1, 0.15) is 30.6 Å². The summed E-state index contributed by atoms with van der Waals surface area (Å²) in [6.45, 7) is 49.2. The molecule has 9 aromatic rings. The fourth-order valence-corrected chi connectivity index (χ4v) is 15.5. The van der Waals surface area contributed by atoms with E-state index in [2.05, 4.69) is 178 Å². The Morgan fingerprint density at radius 2 is 1.13 bits per heavy atom. The first-order valence-electron chi connectivity index (χ1n) is 35.2. The zero-order valence-corrected chi connectivity index (χ0v) is 68.4. The van der Waals surface area contributed by atoms with Crippen LogP contribution in [0.15, 0.2) is 104 Å². The maximum Gasteiger partial charge on any atom is 0.256 e. The van der Waals surface area contributed by atoms with Gasteiger partial charge in [-0.1, -0.05) is 131 Å². The summed E-state index contributed by atoms with van der Waals surface area (Å²) in [5.41, 5.74) is 10.1. The van der Waals surface area contributed by atoms with Gasteiger partial charge in [0.2, 0.25) is 10.0 Å². The summed E-state index contributed by atoms with van der Waals surface area (Å²) in [5, 5.41) is 24.4. The van der Waals surface area contributed by atoms with E-state index in [-0.39, 0.29) is 10.5 Å². The molecular formula is C76H118N13O6PS4. The van der Waals surface area contributed by atoms with E-state index in [1.54, 1.807) is 67.0 Å². The van der Waals surface area contributed by atoms with Gasteiger partial charge in [-0.3, -0.25) is 18.7 Å². The van der Waals surface area contributed by atoms with Gasteiger partial charge in [0.25, 0.3) is 10.0 Å². The minimum atomic E-state index is -3.17. The van der Waals surface area contributed by atoms with Crippen LogP contribution in [0.4, 0.5) is 0 Å². The van der Waals surface area contributed by atoms with Crippen LogP contribution in [0, 0.1) is 38.0 Å². The normalized spacial score (nSPS) is 13.5. The highest BCUT2D eigenvalue weighted by Gasteiger charge is 2.38. The average molecular weight is 1470 g/mol. The smallest absolute Gasteiger partial charge is 0.256 e. The van der Waals surface area contributed by atoms with Gasteiger partial charge in [-0.25, -0.2) is 26.8 Å². The van der Waals surface area contributed by atoms with Crippen molar-refractivity contribution in [2.75, 3.05) is 20.4 Å². The fourth-order valence-electron chi connectivity index (χ4n) is 9.28. The van der Waals surface area contributed by atoms with Crippen molar-refractivity contribution in [1.82, 2.24) is 58.1 Å². The molecule has 19 nitrogen and oxygen atoms in total. The molecule has 100 heavy (non-hydrogen) atoms. The molecule has 0 unspecified atom stereocenters. The number of nitriles is 1. The number of ether oxygens (including phenoxy) is 1. The van der Waals surface area contributed by atoms with Crippen LogP contribution in [0.25, 0.3) is 0 Å². The van der Waals surface area contributed by atoms with Gasteiger partial charge in [-0.2, -0.15) is 24.6 Å². The zero-order valence-electron chi connectivity index (χ0n) is 64.2. The number of H-pyrrole nitrogens is 3. The highest BCUT2D eigenvalue weighted by Crippen LogP contribution is 2.39. The maximum absolute atomic E-state index is 11.8. The van der Waals surface area contributed by atoms with Gasteiger partial charge < -0.3 is 19.3 Å². The van der Waals surface area contributed by atoms with Gasteiger partial charge in [0, 0.05) is 82.9 Å². The molecule has 12 rings (SSSR count). The van der Waals surface area contributed by atoms with Crippen LogP contribution < -0.4 is 9.36 Å². The summed E-state index contributed by atoms with van der Waals surface area (Å²) in [4.78, 5) is 20.9. The number of pyridine rings is 1. The van der Waals surface area contributed by atoms with E-state index in [0.717, 1.165) is 86.1 Å². The number of hydrogen-bond acceptors (Lipinski definition) is 15. The molecule has 552 valence electrons. The Morgan fingerprint density at radius 3 is 1.47 bits per heavy atom. The van der Waals surface area contributed by atoms with Crippen molar-refractivity contribution in [3.8, 4) is 11.1 Å². The molecule has 0 aliphatic heterocycles. The van der Waals surface area contributed by atoms with Crippen LogP contribution in [0.2, 0.25) is 0 Å². The molecule has 0 saturated heterocycles. The van der Waals surface area contributed by atoms with Crippen LogP contribution in [-0.4, -0.2) is 106 Å². The van der Waals surface area contributed by atoms with Crippen LogP contribution in [0.1, 0.15) is 288 Å². The number of aromatic nitrogens is 12. The van der Waals surface area contributed by atoms with Crippen LogP contribution >= 0.6 is 29.8 Å². The van der Waals surface area contributed by atoms with Crippen molar-refractivity contribution >= 4 is 54.5 Å². The number of rotatable bonds is 17. The second kappa shape index (κ2) is 40.2. The van der Waals surface area contributed by atoms with E-state index < -0.39 is 27.2 Å². The molecule has 3 N–H and O–H groups in total. The third-order valence-electron chi connectivity index (χ3n) is 16.2. The lowest BCUT2D eigenvalue weighted by Crippen LogP contribution is -2.17. The molecule has 3 saturated carbocycles. The van der Waals surface area contributed by atoms with Gasteiger partial charge >= 0.3 is 0 Å². The van der Waals surface area contributed by atoms with E-state index in [4.69, 9.17) is 10.00 Å². The lowest BCUT2D eigenvalue weighted by atomic mass is 10.0. The summed E-state index contributed by atoms with van der Waals surface area (Å²) < 4.78 is 69.4. The molecule has 9 aromatic heterocycles. The Hall–Kier alpha value is -6.70. The Morgan fingerprint density at radius 1 is 0.590 bits per heavy atom. The SMILES string of the molecule is CC(C)c1ccc(P(C)(C)=O)s1.CC(C)c1cccnc1.CC(C)c1ccn(S(=O)(=O)C2CC2)c1.CC(C)c1cnn(CC2CC2)c1.CC(C)c1cnn(S(=O)(=O)C2CC2)c1.CC(C)c1ncc(C#N)[nH]1.COc1ccc(C(C)C)s1.Cc1cnc(C(C)C)[nH]1.Cc1n[nH]c(C)c1C(C)C. The van der Waals surface area contributed by atoms with Crippen molar-refractivity contribution in [3.05, 3.63) is 176 Å². The van der Waals surface area contributed by atoms with Crippen molar-refractivity contribution < 1.29 is 26.1 Å². The van der Waals surface area contributed by atoms with Gasteiger partial charge in [-0.05, 0) is 184 Å². The van der Waals surface area contributed by atoms with Crippen LogP contribution in [0.5, 0.6) is 5.06 Å². The number of nitrogens with one attached hydrogen (secondary N) is 3. The summed E-state index contributed by atoms with van der Waals surface area (Å²) in [6, 6.07) is 16.1. The molecule has 24 heteroatoms. The molecule has 0 spiro atoms. The zero-order chi connectivity index (χ0) is 75.0. The maximum atomic E-state index is 11.8. The first-order valence-corrected chi connectivity index (χ1v) is 42.4. The Kier molecular flexibility index (Phi) is 34.5. The Bertz CT molecular complexity index is 4030. The standard InChI is InChI=1S/C10H16N2.C10H15NO2S.C9H14N2O2S.C9H15OPS.C8H14N2.C8H11N.C8H12OS.C7H9N3.C7H12N2/c1-8(2)10-5-11-12(7-10)6-9-3-4-9;1-8(2)9-5-6-11(7-9)14(12,13)10-3-4-10;1-7(2)8-5-10-11(6-8)14(12,13)9-3-4-9;1-7(2)8-5-6-9(12-8)11(3,4)10;1-5(2)8-6(3)9-10-7(8)4;1-7(2)8-4-3-5-9-6-8;1-6(2)7-4-5-8(9-3)10-7;1-5(2)7-9-4-6(3-8)10-7;1-5(2)7-8-4-6(3)9-7/h5,7-9H,3-4,6H2,1-2H3;5-8,10H,3-4H2,1-2H3;5-7,9H,3-4H2,1-2H3;5-7H,1-4H3;5H,1-4H3,(H,9,10);3-7H,1-2H3;4-6H,1-3H3;4-5H,1-2H3,(H,9,10);4-5H,1-3H3,(H,8,9). The molecule has 9 heterocycles. The predicted octanol–water partition coefficient (Wildman–Crippen LogP) is 19.3. The lowest BCUT2D eigenvalue weighted by Gasteiger charge is -2.03. The van der Waals surface area contributed by atoms with Crippen molar-refractivity contribution in [2.24, 2.45) is 5.92 Å². The number of aromatic amines is 3. The molecule has 0 amide bonds. The highest BCUT2D eigenvalue weighted by atomic mass is 32.2. The monoisotopic (exact) mass is 1470 g/mol. The van der Waals surface area contributed by atoms with Crippen LogP contribution in [-0.2, 0) is 31.2 Å². The molecule has 3 fully saturated rings. The Labute approximate surface area is 608 Å². The van der Waals surface area contributed by atoms with E-state index >= 15 is 0 Å². The van der Waals surface area contributed by atoms with Gasteiger partial charge in [0.15, 0.2) is 5.06 Å². The first kappa shape index (κ1) is 85.7. The highest BCUT2D eigenvalue weighted by molar-refractivity contribution is 7.91. The van der Waals surface area contributed by atoms with E-state index in [9.17, 15) is 21.4 Å². The lowest BCUT2D eigenvalue weighted by molar-refractivity contribution is 0.427. The predicted molar refractivity (Wildman–Crippen MR) is 416 cm³/mol. The average Bonchev–Trinajstić information content (AvgIpc) is 1.64. The molecule has 3 aliphatic rings. The minimum absolute atomic E-state index is 0.130. The van der Waals surface area contributed by atoms with Gasteiger partial charge in [-0.15, -0.1) is 22.7 Å². The second-order valence-electron chi connectivity index (χ2n) is 29.0. The molecule has 0 radical (unpaired) electrons. The number of methoxy groups -OCH3 is 1. The number of imidazole rings is 2. The topological polar surface area (TPSA) is 258 Å². The molecular weight excluding hydrogens is 1350 g/mol. The fraction of sp³-hybridized carbons (Fsp3) is 0.566. The summed E-state index contributed by atoms with van der Waals surface area (Å²) in [5.74, 6) is 7.40. The van der Waals surface area contributed by atoms with E-state index in [1.807, 2.05) is 104 Å². The van der Waals surface area contributed by atoms with E-state index in [0.29, 0.717) is 59.0 Å². The number of thiophene rings is 2. The van der Waals surface area contributed by atoms with Crippen molar-refractivity contribution in [3.63, 3.8) is 0 Å². The minimum Gasteiger partial charge on any atom is -0.487 e. The third-order valence-corrected chi connectivity index (χ3v) is 25.7. The third kappa shape index (κ3) is 29.0. The van der Waals surface area contributed by atoms with Gasteiger partial charge in [0.05, 0.1) is 46.5 Å². The number of aryl methyl sites for hydroxylation is 3. The first-order chi connectivity index (χ1) is 46.8.